The SMILES string of the molecule is CN1CCC(N(C)C2=NC(O)c3cccnc3S2)CC1. The van der Waals surface area contributed by atoms with E-state index in [0.29, 0.717) is 6.04 Å². The van der Waals surface area contributed by atoms with E-state index >= 15 is 0 Å². The fraction of sp³-hybridized carbons (Fsp3) is 0.571. The van der Waals surface area contributed by atoms with Crippen molar-refractivity contribution in [3.63, 3.8) is 0 Å². The van der Waals surface area contributed by atoms with Crippen LogP contribution in [0.15, 0.2) is 28.3 Å². The summed E-state index contributed by atoms with van der Waals surface area (Å²) in [6.07, 6.45) is 3.25. The Morgan fingerprint density at radius 3 is 2.90 bits per heavy atom. The lowest BCUT2D eigenvalue weighted by atomic mass is 10.0. The van der Waals surface area contributed by atoms with E-state index < -0.39 is 6.23 Å². The predicted octanol–water partition coefficient (Wildman–Crippen LogP) is 1.56. The number of piperidine rings is 1. The molecule has 0 saturated carbocycles. The number of likely N-dealkylation sites (tertiary alicyclic amines) is 1. The number of hydrogen-bond donors (Lipinski definition) is 1. The molecule has 1 N–H and O–H groups in total. The Morgan fingerprint density at radius 1 is 1.40 bits per heavy atom. The van der Waals surface area contributed by atoms with Gasteiger partial charge >= 0.3 is 0 Å². The van der Waals surface area contributed by atoms with Crippen molar-refractivity contribution in [3.05, 3.63) is 23.9 Å². The minimum atomic E-state index is -0.788. The van der Waals surface area contributed by atoms with Gasteiger partial charge in [-0.15, -0.1) is 0 Å². The third-order valence-corrected chi connectivity index (χ3v) is 5.15. The first-order chi connectivity index (χ1) is 9.65. The fourth-order valence-electron chi connectivity index (χ4n) is 2.67. The van der Waals surface area contributed by atoms with Crippen LogP contribution in [0.2, 0.25) is 0 Å². The van der Waals surface area contributed by atoms with E-state index in [9.17, 15) is 5.11 Å². The first kappa shape index (κ1) is 13.9. The molecule has 0 amide bonds. The highest BCUT2D eigenvalue weighted by Crippen LogP contribution is 2.34. The van der Waals surface area contributed by atoms with Crippen molar-refractivity contribution >= 4 is 16.9 Å². The molecule has 0 radical (unpaired) electrons. The molecule has 1 aromatic rings. The maximum Gasteiger partial charge on any atom is 0.176 e. The van der Waals surface area contributed by atoms with Gasteiger partial charge in [0.05, 0.1) is 0 Å². The Labute approximate surface area is 123 Å². The minimum absolute atomic E-state index is 0.495. The van der Waals surface area contributed by atoms with E-state index in [2.05, 4.69) is 33.9 Å². The molecule has 108 valence electrons. The second-order valence-corrected chi connectivity index (χ2v) is 6.39. The number of amidine groups is 1. The number of thioether (sulfide) groups is 1. The van der Waals surface area contributed by atoms with Crippen molar-refractivity contribution in [1.29, 1.82) is 0 Å². The summed E-state index contributed by atoms with van der Waals surface area (Å²) < 4.78 is 0. The van der Waals surface area contributed by atoms with Gasteiger partial charge in [-0.25, -0.2) is 9.98 Å². The summed E-state index contributed by atoms with van der Waals surface area (Å²) in [6.45, 7) is 2.23. The average molecular weight is 292 g/mol. The third-order valence-electron chi connectivity index (χ3n) is 4.04. The lowest BCUT2D eigenvalue weighted by molar-refractivity contribution is 0.173. The van der Waals surface area contributed by atoms with Crippen LogP contribution in [-0.2, 0) is 0 Å². The molecule has 0 aromatic carbocycles. The molecular weight excluding hydrogens is 272 g/mol. The van der Waals surface area contributed by atoms with Crippen molar-refractivity contribution < 1.29 is 5.11 Å². The molecule has 2 aliphatic rings. The smallest absolute Gasteiger partial charge is 0.176 e. The molecular formula is C14H20N4OS. The van der Waals surface area contributed by atoms with Crippen molar-refractivity contribution in [1.82, 2.24) is 14.8 Å². The lowest BCUT2D eigenvalue weighted by Gasteiger charge is -2.37. The fourth-order valence-corrected chi connectivity index (χ4v) is 3.70. The monoisotopic (exact) mass is 292 g/mol. The van der Waals surface area contributed by atoms with Crippen LogP contribution in [0.5, 0.6) is 0 Å². The molecule has 0 aliphatic carbocycles. The quantitative estimate of drug-likeness (QED) is 0.851. The number of fused-ring (bicyclic) bond motifs is 1. The van der Waals surface area contributed by atoms with Crippen LogP contribution in [0.4, 0.5) is 0 Å². The van der Waals surface area contributed by atoms with Crippen LogP contribution in [-0.4, -0.2) is 58.3 Å². The Morgan fingerprint density at radius 2 is 2.15 bits per heavy atom. The maximum absolute atomic E-state index is 10.1. The Kier molecular flexibility index (Phi) is 3.96. The second kappa shape index (κ2) is 5.71. The Bertz CT molecular complexity index is 514. The normalized spacial score (nSPS) is 24.1. The number of hydrogen-bond acceptors (Lipinski definition) is 6. The third kappa shape index (κ3) is 2.68. The number of pyridine rings is 1. The second-order valence-electron chi connectivity index (χ2n) is 5.43. The van der Waals surface area contributed by atoms with Gasteiger partial charge in [0.15, 0.2) is 11.4 Å². The van der Waals surface area contributed by atoms with Crippen molar-refractivity contribution in [2.24, 2.45) is 4.99 Å². The molecule has 0 bridgehead atoms. The van der Waals surface area contributed by atoms with Gasteiger partial charge in [0.25, 0.3) is 0 Å². The van der Waals surface area contributed by atoms with Crippen molar-refractivity contribution in [3.8, 4) is 0 Å². The zero-order chi connectivity index (χ0) is 14.1. The molecule has 5 nitrogen and oxygen atoms in total. The van der Waals surface area contributed by atoms with Gasteiger partial charge in [0.1, 0.15) is 5.03 Å². The van der Waals surface area contributed by atoms with Crippen LogP contribution in [0.3, 0.4) is 0 Å². The summed E-state index contributed by atoms with van der Waals surface area (Å²) in [7, 11) is 4.23. The largest absolute Gasteiger partial charge is 0.368 e. The van der Waals surface area contributed by atoms with Gasteiger partial charge in [-0.2, -0.15) is 0 Å². The highest BCUT2D eigenvalue weighted by molar-refractivity contribution is 8.13. The molecule has 3 rings (SSSR count). The number of aliphatic imine (C=N–C) groups is 1. The molecule has 1 atom stereocenters. The first-order valence-corrected chi connectivity index (χ1v) is 7.77. The van der Waals surface area contributed by atoms with Gasteiger partial charge < -0.3 is 14.9 Å². The molecule has 0 spiro atoms. The number of aliphatic hydroxyl groups is 1. The molecule has 6 heteroatoms. The topological polar surface area (TPSA) is 52.0 Å². The lowest BCUT2D eigenvalue weighted by Crippen LogP contribution is -2.44. The summed E-state index contributed by atoms with van der Waals surface area (Å²) in [5.74, 6) is 0. The van der Waals surface area contributed by atoms with Crippen LogP contribution < -0.4 is 0 Å². The molecule has 20 heavy (non-hydrogen) atoms. The summed E-state index contributed by atoms with van der Waals surface area (Å²) in [5, 5.41) is 11.9. The molecule has 1 unspecified atom stereocenters. The van der Waals surface area contributed by atoms with E-state index in [-0.39, 0.29) is 0 Å². The molecule has 1 aromatic heterocycles. The van der Waals surface area contributed by atoms with E-state index in [1.165, 1.54) is 0 Å². The molecule has 2 aliphatic heterocycles. The Balaban J connectivity index is 1.75. The van der Waals surface area contributed by atoms with E-state index in [1.54, 1.807) is 18.0 Å². The predicted molar refractivity (Wildman–Crippen MR) is 80.8 cm³/mol. The van der Waals surface area contributed by atoms with Crippen molar-refractivity contribution in [2.75, 3.05) is 27.2 Å². The number of aliphatic hydroxyl groups excluding tert-OH is 1. The maximum atomic E-state index is 10.1. The van der Waals surface area contributed by atoms with E-state index in [4.69, 9.17) is 0 Å². The van der Waals surface area contributed by atoms with Gasteiger partial charge in [0.2, 0.25) is 0 Å². The highest BCUT2D eigenvalue weighted by Gasteiger charge is 2.28. The summed E-state index contributed by atoms with van der Waals surface area (Å²) >= 11 is 1.55. The van der Waals surface area contributed by atoms with Crippen LogP contribution in [0.1, 0.15) is 24.6 Å². The zero-order valence-corrected chi connectivity index (χ0v) is 12.7. The molecule has 3 heterocycles. The van der Waals surface area contributed by atoms with Gasteiger partial charge in [-0.1, -0.05) is 6.07 Å². The summed E-state index contributed by atoms with van der Waals surface area (Å²) in [5.41, 5.74) is 0.804. The zero-order valence-electron chi connectivity index (χ0n) is 11.9. The van der Waals surface area contributed by atoms with Crippen LogP contribution in [0, 0.1) is 0 Å². The van der Waals surface area contributed by atoms with Gasteiger partial charge in [0, 0.05) is 24.8 Å². The number of rotatable bonds is 1. The van der Waals surface area contributed by atoms with Crippen LogP contribution >= 0.6 is 11.8 Å². The van der Waals surface area contributed by atoms with Crippen molar-refractivity contribution in [2.45, 2.75) is 30.1 Å². The van der Waals surface area contributed by atoms with Gasteiger partial charge in [-0.05, 0) is 50.8 Å². The molecule has 1 fully saturated rings. The molecule has 1 saturated heterocycles. The summed E-state index contributed by atoms with van der Waals surface area (Å²) in [4.78, 5) is 13.3. The van der Waals surface area contributed by atoms with E-state index in [0.717, 1.165) is 41.7 Å². The number of nitrogens with zero attached hydrogens (tertiary/aromatic N) is 4. The number of aromatic nitrogens is 1. The average Bonchev–Trinajstić information content (AvgIpc) is 2.47. The Hall–Kier alpha value is -1.11. The van der Waals surface area contributed by atoms with Crippen LogP contribution in [0.25, 0.3) is 0 Å². The first-order valence-electron chi connectivity index (χ1n) is 6.95. The standard InChI is InChI=1S/C14H20N4OS/c1-17-8-5-10(6-9-17)18(2)14-16-12(19)11-4-3-7-15-13(11)20-14/h3-4,7,10,12,19H,5-6,8-9H2,1-2H3. The van der Waals surface area contributed by atoms with E-state index in [1.807, 2.05) is 12.1 Å². The summed E-state index contributed by atoms with van der Waals surface area (Å²) in [6, 6.07) is 4.22. The highest BCUT2D eigenvalue weighted by atomic mass is 32.2. The minimum Gasteiger partial charge on any atom is -0.368 e. The van der Waals surface area contributed by atoms with Gasteiger partial charge in [-0.3, -0.25) is 0 Å².